The fraction of sp³-hybridized carbons (Fsp3) is 0.857. The molecule has 1 aliphatic rings. The lowest BCUT2D eigenvalue weighted by molar-refractivity contribution is -0.142. The molecule has 0 radical (unpaired) electrons. The number of rotatable bonds is 10. The Balaban J connectivity index is 0. The fourth-order valence-electron chi connectivity index (χ4n) is 1.73. The molecular formula is C14H29NO4S2. The Morgan fingerprint density at radius 2 is 2.05 bits per heavy atom. The number of nitrogens with one attached hydrogen (secondary N) is 1. The number of aliphatic carboxylic acids is 1. The molecule has 0 aromatic heterocycles. The van der Waals surface area contributed by atoms with Crippen molar-refractivity contribution < 1.29 is 19.4 Å². The van der Waals surface area contributed by atoms with Gasteiger partial charge in [-0.15, -0.1) is 0 Å². The van der Waals surface area contributed by atoms with E-state index in [1.165, 1.54) is 18.6 Å². The normalized spacial score (nSPS) is 16.7. The number of amides is 1. The SMILES string of the molecule is C.C.O=C(O)COCCNC(=O)CCCCC1CCSS1. The molecule has 0 bridgehead atoms. The summed E-state index contributed by atoms with van der Waals surface area (Å²) in [6.07, 6.45) is 5.06. The molecule has 1 amide bonds. The maximum absolute atomic E-state index is 11.4. The van der Waals surface area contributed by atoms with Gasteiger partial charge >= 0.3 is 5.97 Å². The van der Waals surface area contributed by atoms with Crippen LogP contribution in [0, 0.1) is 0 Å². The zero-order chi connectivity index (χ0) is 13.9. The highest BCUT2D eigenvalue weighted by Gasteiger charge is 2.15. The van der Waals surface area contributed by atoms with Gasteiger partial charge in [0.25, 0.3) is 0 Å². The second-order valence-corrected chi connectivity index (χ2v) is 7.16. The van der Waals surface area contributed by atoms with Crippen LogP contribution in [0.1, 0.15) is 47.0 Å². The van der Waals surface area contributed by atoms with Crippen molar-refractivity contribution in [2.24, 2.45) is 0 Å². The van der Waals surface area contributed by atoms with Crippen molar-refractivity contribution in [2.45, 2.75) is 52.2 Å². The van der Waals surface area contributed by atoms with Crippen molar-refractivity contribution in [3.05, 3.63) is 0 Å². The minimum atomic E-state index is -0.991. The molecule has 1 aliphatic heterocycles. The summed E-state index contributed by atoms with van der Waals surface area (Å²) in [7, 11) is 3.92. The summed E-state index contributed by atoms with van der Waals surface area (Å²) in [5.74, 6) is 0.285. The van der Waals surface area contributed by atoms with Crippen LogP contribution in [0.15, 0.2) is 0 Å². The average molecular weight is 340 g/mol. The van der Waals surface area contributed by atoms with Crippen LogP contribution in [0.3, 0.4) is 0 Å². The van der Waals surface area contributed by atoms with Crippen molar-refractivity contribution in [3.8, 4) is 0 Å². The van der Waals surface area contributed by atoms with Crippen LogP contribution in [0.5, 0.6) is 0 Å². The topological polar surface area (TPSA) is 75.6 Å². The van der Waals surface area contributed by atoms with Gasteiger partial charge in [0, 0.05) is 24.0 Å². The maximum atomic E-state index is 11.4. The third-order valence-electron chi connectivity index (χ3n) is 2.70. The molecule has 0 aromatic carbocycles. The smallest absolute Gasteiger partial charge is 0.329 e. The number of carboxylic acid groups (broad SMARTS) is 1. The Labute approximate surface area is 136 Å². The first kappa shape index (κ1) is 22.9. The lowest BCUT2D eigenvalue weighted by atomic mass is 10.1. The van der Waals surface area contributed by atoms with Gasteiger partial charge in [-0.2, -0.15) is 0 Å². The first-order valence-corrected chi connectivity index (χ1v) is 8.91. The Morgan fingerprint density at radius 1 is 1.29 bits per heavy atom. The quantitative estimate of drug-likeness (QED) is 0.470. The van der Waals surface area contributed by atoms with E-state index < -0.39 is 5.97 Å². The van der Waals surface area contributed by atoms with Crippen molar-refractivity contribution in [1.82, 2.24) is 5.32 Å². The fourth-order valence-corrected chi connectivity index (χ4v) is 4.76. The van der Waals surface area contributed by atoms with Crippen LogP contribution in [0.2, 0.25) is 0 Å². The van der Waals surface area contributed by atoms with E-state index >= 15 is 0 Å². The predicted molar refractivity (Wildman–Crippen MR) is 91.8 cm³/mol. The summed E-state index contributed by atoms with van der Waals surface area (Å²) < 4.78 is 4.82. The average Bonchev–Trinajstić information content (AvgIpc) is 2.87. The maximum Gasteiger partial charge on any atom is 0.329 e. The lowest BCUT2D eigenvalue weighted by Gasteiger charge is -2.07. The number of carboxylic acids is 1. The minimum absolute atomic E-state index is 0. The minimum Gasteiger partial charge on any atom is -0.480 e. The highest BCUT2D eigenvalue weighted by Crippen LogP contribution is 2.39. The van der Waals surface area contributed by atoms with E-state index in [-0.39, 0.29) is 34.0 Å². The summed E-state index contributed by atoms with van der Waals surface area (Å²) in [6, 6.07) is 0. The van der Waals surface area contributed by atoms with Crippen LogP contribution in [-0.2, 0) is 14.3 Å². The Hall–Kier alpha value is -0.400. The first-order chi connectivity index (χ1) is 9.18. The molecule has 1 heterocycles. The molecule has 5 nitrogen and oxygen atoms in total. The molecular weight excluding hydrogens is 310 g/mol. The van der Waals surface area contributed by atoms with Gasteiger partial charge in [-0.1, -0.05) is 42.9 Å². The van der Waals surface area contributed by atoms with E-state index in [1.807, 2.05) is 21.6 Å². The lowest BCUT2D eigenvalue weighted by Crippen LogP contribution is -2.27. The molecule has 0 aliphatic carbocycles. The third kappa shape index (κ3) is 13.0. The van der Waals surface area contributed by atoms with E-state index in [4.69, 9.17) is 9.84 Å². The highest BCUT2D eigenvalue weighted by molar-refractivity contribution is 8.77. The van der Waals surface area contributed by atoms with Gasteiger partial charge in [0.1, 0.15) is 6.61 Å². The van der Waals surface area contributed by atoms with E-state index in [0.29, 0.717) is 13.0 Å². The molecule has 1 atom stereocenters. The molecule has 1 unspecified atom stereocenters. The Morgan fingerprint density at radius 3 is 2.67 bits per heavy atom. The number of hydrogen-bond acceptors (Lipinski definition) is 5. The number of carbonyl (C=O) groups excluding carboxylic acids is 1. The molecule has 7 heteroatoms. The zero-order valence-electron chi connectivity index (χ0n) is 10.9. The molecule has 126 valence electrons. The zero-order valence-corrected chi connectivity index (χ0v) is 12.6. The van der Waals surface area contributed by atoms with Gasteiger partial charge in [0.05, 0.1) is 6.61 Å². The molecule has 1 rings (SSSR count). The Kier molecular flexibility index (Phi) is 15.8. The highest BCUT2D eigenvalue weighted by atomic mass is 33.1. The molecule has 2 N–H and O–H groups in total. The second kappa shape index (κ2) is 14.5. The molecule has 0 aromatic rings. The van der Waals surface area contributed by atoms with Crippen LogP contribution < -0.4 is 5.32 Å². The van der Waals surface area contributed by atoms with E-state index in [9.17, 15) is 9.59 Å². The van der Waals surface area contributed by atoms with Gasteiger partial charge in [0.2, 0.25) is 5.91 Å². The van der Waals surface area contributed by atoms with Gasteiger partial charge in [-0.25, -0.2) is 4.79 Å². The summed E-state index contributed by atoms with van der Waals surface area (Å²) in [5.41, 5.74) is 0. The number of carbonyl (C=O) groups is 2. The summed E-state index contributed by atoms with van der Waals surface area (Å²) in [5, 5.41) is 11.8. The molecule has 1 fully saturated rings. The number of ether oxygens (including phenoxy) is 1. The Bertz CT molecular complexity index is 284. The molecule has 21 heavy (non-hydrogen) atoms. The van der Waals surface area contributed by atoms with Crippen molar-refractivity contribution in [1.29, 1.82) is 0 Å². The van der Waals surface area contributed by atoms with E-state index in [1.54, 1.807) is 0 Å². The van der Waals surface area contributed by atoms with Crippen molar-refractivity contribution in [3.63, 3.8) is 0 Å². The van der Waals surface area contributed by atoms with Gasteiger partial charge in [-0.05, 0) is 19.3 Å². The summed E-state index contributed by atoms with van der Waals surface area (Å²) in [6.45, 7) is 0.308. The van der Waals surface area contributed by atoms with Crippen LogP contribution >= 0.6 is 21.6 Å². The van der Waals surface area contributed by atoms with Crippen LogP contribution in [-0.4, -0.2) is 47.7 Å². The van der Waals surface area contributed by atoms with Gasteiger partial charge in [-0.3, -0.25) is 4.79 Å². The third-order valence-corrected chi connectivity index (χ3v) is 5.71. The number of unbranched alkanes of at least 4 members (excludes halogenated alkanes) is 1. The van der Waals surface area contributed by atoms with E-state index in [0.717, 1.165) is 18.1 Å². The molecule has 0 saturated carbocycles. The van der Waals surface area contributed by atoms with Gasteiger partial charge in [0.15, 0.2) is 0 Å². The largest absolute Gasteiger partial charge is 0.480 e. The van der Waals surface area contributed by atoms with Crippen molar-refractivity contribution >= 4 is 33.5 Å². The summed E-state index contributed by atoms with van der Waals surface area (Å²) in [4.78, 5) is 21.6. The van der Waals surface area contributed by atoms with Gasteiger partial charge < -0.3 is 15.2 Å². The van der Waals surface area contributed by atoms with Crippen molar-refractivity contribution in [2.75, 3.05) is 25.5 Å². The summed E-state index contributed by atoms with van der Waals surface area (Å²) >= 11 is 0. The molecule has 0 spiro atoms. The predicted octanol–water partition coefficient (Wildman–Crippen LogP) is 3.19. The number of hydrogen-bond donors (Lipinski definition) is 2. The van der Waals surface area contributed by atoms with E-state index in [2.05, 4.69) is 5.32 Å². The standard InChI is InChI=1S/C12H21NO4S2.2CH4/c14-11(13-6-7-17-9-12(15)16)4-2-1-3-10-5-8-18-19-10;;/h10H,1-9H2,(H,13,14)(H,15,16);2*1H4. The monoisotopic (exact) mass is 339 g/mol. The first-order valence-electron chi connectivity index (χ1n) is 6.53. The molecule has 1 saturated heterocycles. The second-order valence-electron chi connectivity index (χ2n) is 4.37. The van der Waals surface area contributed by atoms with Crippen LogP contribution in [0.25, 0.3) is 0 Å². The van der Waals surface area contributed by atoms with Crippen LogP contribution in [0.4, 0.5) is 0 Å².